The van der Waals surface area contributed by atoms with Crippen LogP contribution >= 0.6 is 11.6 Å². The molecule has 3 heteroatoms. The molecule has 0 saturated heterocycles. The smallest absolute Gasteiger partial charge is 0.0621 e. The molecule has 17 heavy (non-hydrogen) atoms. The molecule has 0 aromatic carbocycles. The van der Waals surface area contributed by atoms with Crippen molar-refractivity contribution in [3.63, 3.8) is 0 Å². The number of hydrogen-bond acceptors (Lipinski definition) is 2. The van der Waals surface area contributed by atoms with E-state index in [-0.39, 0.29) is 0 Å². The van der Waals surface area contributed by atoms with E-state index in [2.05, 4.69) is 4.98 Å². The summed E-state index contributed by atoms with van der Waals surface area (Å²) in [7, 11) is 0. The second-order valence-electron chi connectivity index (χ2n) is 5.07. The van der Waals surface area contributed by atoms with Crippen LogP contribution in [0, 0.1) is 11.8 Å². The fourth-order valence-electron chi connectivity index (χ4n) is 2.89. The van der Waals surface area contributed by atoms with E-state index in [1.807, 2.05) is 12.3 Å². The Balaban J connectivity index is 2.07. The van der Waals surface area contributed by atoms with E-state index in [9.17, 15) is 0 Å². The summed E-state index contributed by atoms with van der Waals surface area (Å²) in [4.78, 5) is 4.04. The summed E-state index contributed by atoms with van der Waals surface area (Å²) in [6.07, 6.45) is 11.2. The molecule has 1 saturated carbocycles. The van der Waals surface area contributed by atoms with Gasteiger partial charge in [0.2, 0.25) is 0 Å². The largest absolute Gasteiger partial charge is 0.330 e. The van der Waals surface area contributed by atoms with Crippen molar-refractivity contribution in [2.45, 2.75) is 38.5 Å². The summed E-state index contributed by atoms with van der Waals surface area (Å²) in [5.41, 5.74) is 7.14. The molecule has 1 fully saturated rings. The van der Waals surface area contributed by atoms with Crippen molar-refractivity contribution in [3.05, 3.63) is 29.0 Å². The molecule has 2 rings (SSSR count). The van der Waals surface area contributed by atoms with Crippen LogP contribution in [-0.2, 0) is 6.42 Å². The first kappa shape index (κ1) is 12.8. The molecule has 0 amide bonds. The van der Waals surface area contributed by atoms with Crippen molar-refractivity contribution in [3.8, 4) is 0 Å². The molecular weight excluding hydrogens is 232 g/mol. The predicted molar refractivity (Wildman–Crippen MR) is 72.1 cm³/mol. The van der Waals surface area contributed by atoms with Crippen molar-refractivity contribution in [1.29, 1.82) is 0 Å². The second kappa shape index (κ2) is 6.36. The van der Waals surface area contributed by atoms with Crippen molar-refractivity contribution in [2.75, 3.05) is 6.54 Å². The summed E-state index contributed by atoms with van der Waals surface area (Å²) in [5.74, 6) is 1.36. The number of aromatic nitrogens is 1. The molecule has 2 unspecified atom stereocenters. The zero-order valence-electron chi connectivity index (χ0n) is 10.2. The standard InChI is InChI=1S/C14H21ClN2/c15-14-10-17-7-6-12(14)8-11-4-2-1-3-5-13(11)9-16/h6-7,10-11,13H,1-5,8-9,16H2. The van der Waals surface area contributed by atoms with E-state index < -0.39 is 0 Å². The Labute approximate surface area is 109 Å². The Bertz CT molecular complexity index is 354. The topological polar surface area (TPSA) is 38.9 Å². The lowest BCUT2D eigenvalue weighted by Crippen LogP contribution is -2.24. The molecule has 1 aromatic heterocycles. The van der Waals surface area contributed by atoms with E-state index in [0.29, 0.717) is 11.8 Å². The molecule has 1 aromatic rings. The maximum Gasteiger partial charge on any atom is 0.0621 e. The SMILES string of the molecule is NCC1CCCCCC1Cc1ccncc1Cl. The molecular formula is C14H21ClN2. The van der Waals surface area contributed by atoms with E-state index in [1.165, 1.54) is 37.7 Å². The number of nitrogens with zero attached hydrogens (tertiary/aromatic N) is 1. The van der Waals surface area contributed by atoms with Gasteiger partial charge in [0.1, 0.15) is 0 Å². The molecule has 0 radical (unpaired) electrons. The minimum atomic E-state index is 0.668. The van der Waals surface area contributed by atoms with Crippen LogP contribution in [0.1, 0.15) is 37.7 Å². The monoisotopic (exact) mass is 252 g/mol. The fourth-order valence-corrected chi connectivity index (χ4v) is 3.09. The Hall–Kier alpha value is -0.600. The van der Waals surface area contributed by atoms with E-state index in [0.717, 1.165) is 18.0 Å². The van der Waals surface area contributed by atoms with Gasteiger partial charge in [-0.1, -0.05) is 30.9 Å². The van der Waals surface area contributed by atoms with E-state index in [4.69, 9.17) is 17.3 Å². The highest BCUT2D eigenvalue weighted by atomic mass is 35.5. The number of pyridine rings is 1. The number of hydrogen-bond donors (Lipinski definition) is 1. The van der Waals surface area contributed by atoms with Crippen molar-refractivity contribution < 1.29 is 0 Å². The minimum Gasteiger partial charge on any atom is -0.330 e. The average Bonchev–Trinajstić information content (AvgIpc) is 2.57. The third kappa shape index (κ3) is 3.43. The molecule has 0 bridgehead atoms. The first-order chi connectivity index (χ1) is 8.31. The van der Waals surface area contributed by atoms with Crippen molar-refractivity contribution in [1.82, 2.24) is 4.98 Å². The van der Waals surface area contributed by atoms with Crippen LogP contribution in [0.4, 0.5) is 0 Å². The third-order valence-corrected chi connectivity index (χ3v) is 4.30. The molecule has 2 N–H and O–H groups in total. The Kier molecular flexibility index (Phi) is 4.81. The van der Waals surface area contributed by atoms with Crippen LogP contribution in [0.15, 0.2) is 18.5 Å². The summed E-state index contributed by atoms with van der Waals surface area (Å²) >= 11 is 6.18. The van der Waals surface area contributed by atoms with Gasteiger partial charge in [-0.25, -0.2) is 0 Å². The molecule has 2 nitrogen and oxygen atoms in total. The molecule has 0 aliphatic heterocycles. The van der Waals surface area contributed by atoms with Crippen LogP contribution < -0.4 is 5.73 Å². The Morgan fingerprint density at radius 2 is 2.00 bits per heavy atom. The molecule has 1 heterocycles. The van der Waals surface area contributed by atoms with Gasteiger partial charge in [0.05, 0.1) is 5.02 Å². The minimum absolute atomic E-state index is 0.668. The number of rotatable bonds is 3. The van der Waals surface area contributed by atoms with Gasteiger partial charge < -0.3 is 5.73 Å². The van der Waals surface area contributed by atoms with Crippen LogP contribution in [0.5, 0.6) is 0 Å². The Morgan fingerprint density at radius 1 is 1.24 bits per heavy atom. The number of halogens is 1. The zero-order valence-corrected chi connectivity index (χ0v) is 11.0. The summed E-state index contributed by atoms with van der Waals surface area (Å²) in [6.45, 7) is 0.813. The van der Waals surface area contributed by atoms with Gasteiger partial charge in [-0.3, -0.25) is 4.98 Å². The predicted octanol–water partition coefficient (Wildman–Crippen LogP) is 3.43. The van der Waals surface area contributed by atoms with Gasteiger partial charge in [-0.15, -0.1) is 0 Å². The lowest BCUT2D eigenvalue weighted by atomic mass is 9.83. The average molecular weight is 253 g/mol. The van der Waals surface area contributed by atoms with Gasteiger partial charge in [0, 0.05) is 12.4 Å². The van der Waals surface area contributed by atoms with Crippen LogP contribution in [-0.4, -0.2) is 11.5 Å². The van der Waals surface area contributed by atoms with Crippen molar-refractivity contribution in [2.24, 2.45) is 17.6 Å². The second-order valence-corrected chi connectivity index (χ2v) is 5.47. The van der Waals surface area contributed by atoms with Crippen LogP contribution in [0.3, 0.4) is 0 Å². The highest BCUT2D eigenvalue weighted by Gasteiger charge is 2.23. The fraction of sp³-hybridized carbons (Fsp3) is 0.643. The maximum absolute atomic E-state index is 6.18. The first-order valence-electron chi connectivity index (χ1n) is 6.59. The van der Waals surface area contributed by atoms with Crippen molar-refractivity contribution >= 4 is 11.6 Å². The summed E-state index contributed by atoms with van der Waals surface area (Å²) in [6, 6.07) is 2.04. The molecule has 1 aliphatic carbocycles. The van der Waals surface area contributed by atoms with Gasteiger partial charge >= 0.3 is 0 Å². The van der Waals surface area contributed by atoms with E-state index >= 15 is 0 Å². The molecule has 0 spiro atoms. The highest BCUT2D eigenvalue weighted by Crippen LogP contribution is 2.32. The molecule has 94 valence electrons. The zero-order chi connectivity index (χ0) is 12.1. The van der Waals surface area contributed by atoms with Crippen LogP contribution in [0.25, 0.3) is 0 Å². The van der Waals surface area contributed by atoms with Gasteiger partial charge in [-0.2, -0.15) is 0 Å². The van der Waals surface area contributed by atoms with Gasteiger partial charge in [0.15, 0.2) is 0 Å². The third-order valence-electron chi connectivity index (χ3n) is 3.96. The quantitative estimate of drug-likeness (QED) is 0.837. The lowest BCUT2D eigenvalue weighted by molar-refractivity contribution is 0.318. The van der Waals surface area contributed by atoms with Gasteiger partial charge in [0.25, 0.3) is 0 Å². The maximum atomic E-state index is 6.18. The highest BCUT2D eigenvalue weighted by molar-refractivity contribution is 6.31. The van der Waals surface area contributed by atoms with Crippen LogP contribution in [0.2, 0.25) is 5.02 Å². The normalized spacial score (nSPS) is 25.5. The molecule has 2 atom stereocenters. The molecule has 1 aliphatic rings. The first-order valence-corrected chi connectivity index (χ1v) is 6.97. The summed E-state index contributed by atoms with van der Waals surface area (Å²) in [5, 5.41) is 0.799. The number of nitrogens with two attached hydrogens (primary N) is 1. The summed E-state index contributed by atoms with van der Waals surface area (Å²) < 4.78 is 0. The van der Waals surface area contributed by atoms with E-state index in [1.54, 1.807) is 6.20 Å². The Morgan fingerprint density at radius 3 is 2.71 bits per heavy atom. The van der Waals surface area contributed by atoms with Gasteiger partial charge in [-0.05, 0) is 49.3 Å². The lowest BCUT2D eigenvalue weighted by Gasteiger charge is -2.24.